The minimum atomic E-state index is -3.62. The molecule has 5 nitrogen and oxygen atoms in total. The molecule has 1 amide bonds. The number of anilines is 1. The summed E-state index contributed by atoms with van der Waals surface area (Å²) < 4.78 is 28.1. The van der Waals surface area contributed by atoms with Gasteiger partial charge in [-0.15, -0.1) is 0 Å². The monoisotopic (exact) mass is 438 g/mol. The highest BCUT2D eigenvalue weighted by molar-refractivity contribution is 9.10. The Morgan fingerprint density at radius 2 is 1.69 bits per heavy atom. The van der Waals surface area contributed by atoms with E-state index in [9.17, 15) is 13.2 Å². The van der Waals surface area contributed by atoms with Crippen molar-refractivity contribution in [3.8, 4) is 0 Å². The average Bonchev–Trinajstić information content (AvgIpc) is 2.61. The molecule has 0 heterocycles. The number of amides is 1. The SMILES string of the molecule is CCCN(CCC)S(=O)(=O)c1cccc(C(=O)Nc2cccc(Br)c2)c1. The van der Waals surface area contributed by atoms with Crippen molar-refractivity contribution in [2.45, 2.75) is 31.6 Å². The topological polar surface area (TPSA) is 66.5 Å². The summed E-state index contributed by atoms with van der Waals surface area (Å²) in [5.41, 5.74) is 0.940. The van der Waals surface area contributed by atoms with Crippen molar-refractivity contribution in [1.29, 1.82) is 0 Å². The molecule has 140 valence electrons. The van der Waals surface area contributed by atoms with E-state index in [4.69, 9.17) is 0 Å². The minimum absolute atomic E-state index is 0.140. The van der Waals surface area contributed by atoms with Crippen LogP contribution >= 0.6 is 15.9 Å². The molecular formula is C19H23BrN2O3S. The Balaban J connectivity index is 2.27. The lowest BCUT2D eigenvalue weighted by Gasteiger charge is -2.21. The van der Waals surface area contributed by atoms with E-state index >= 15 is 0 Å². The van der Waals surface area contributed by atoms with Crippen molar-refractivity contribution >= 4 is 37.5 Å². The average molecular weight is 439 g/mol. The first kappa shape index (κ1) is 20.6. The van der Waals surface area contributed by atoms with E-state index in [0.717, 1.165) is 17.3 Å². The van der Waals surface area contributed by atoms with Gasteiger partial charge in [-0.3, -0.25) is 4.79 Å². The molecule has 0 aliphatic rings. The van der Waals surface area contributed by atoms with Gasteiger partial charge in [-0.1, -0.05) is 41.9 Å². The van der Waals surface area contributed by atoms with Gasteiger partial charge in [0.05, 0.1) is 4.90 Å². The highest BCUT2D eigenvalue weighted by Gasteiger charge is 2.23. The summed E-state index contributed by atoms with van der Waals surface area (Å²) in [6.07, 6.45) is 1.48. The third-order valence-electron chi connectivity index (χ3n) is 3.76. The lowest BCUT2D eigenvalue weighted by molar-refractivity contribution is 0.102. The predicted molar refractivity (Wildman–Crippen MR) is 108 cm³/mol. The van der Waals surface area contributed by atoms with Crippen LogP contribution in [0.25, 0.3) is 0 Å². The van der Waals surface area contributed by atoms with Gasteiger partial charge < -0.3 is 5.32 Å². The number of rotatable bonds is 8. The van der Waals surface area contributed by atoms with E-state index in [1.165, 1.54) is 16.4 Å². The van der Waals surface area contributed by atoms with E-state index in [0.29, 0.717) is 24.3 Å². The zero-order chi connectivity index (χ0) is 19.2. The number of hydrogen-bond acceptors (Lipinski definition) is 3. The lowest BCUT2D eigenvalue weighted by atomic mass is 10.2. The van der Waals surface area contributed by atoms with Crippen LogP contribution in [0.2, 0.25) is 0 Å². The molecule has 0 atom stereocenters. The van der Waals surface area contributed by atoms with Crippen LogP contribution in [0.5, 0.6) is 0 Å². The van der Waals surface area contributed by atoms with Gasteiger partial charge in [0.1, 0.15) is 0 Å². The first-order valence-electron chi connectivity index (χ1n) is 8.55. The molecule has 0 saturated heterocycles. The quantitative estimate of drug-likeness (QED) is 0.658. The van der Waals surface area contributed by atoms with Crippen LogP contribution in [0.1, 0.15) is 37.0 Å². The van der Waals surface area contributed by atoms with E-state index in [-0.39, 0.29) is 10.8 Å². The molecule has 0 bridgehead atoms. The Labute approximate surface area is 163 Å². The summed E-state index contributed by atoms with van der Waals surface area (Å²) in [5, 5.41) is 2.78. The van der Waals surface area contributed by atoms with Gasteiger partial charge in [0, 0.05) is 28.8 Å². The molecule has 2 rings (SSSR count). The summed E-state index contributed by atoms with van der Waals surface area (Å²) in [7, 11) is -3.62. The first-order valence-corrected chi connectivity index (χ1v) is 10.8. The van der Waals surface area contributed by atoms with Crippen LogP contribution in [0.4, 0.5) is 5.69 Å². The molecular weight excluding hydrogens is 416 g/mol. The van der Waals surface area contributed by atoms with Crippen molar-refractivity contribution in [3.05, 3.63) is 58.6 Å². The molecule has 0 fully saturated rings. The molecule has 0 radical (unpaired) electrons. The fraction of sp³-hybridized carbons (Fsp3) is 0.316. The van der Waals surface area contributed by atoms with Crippen molar-refractivity contribution in [3.63, 3.8) is 0 Å². The summed E-state index contributed by atoms with van der Waals surface area (Å²) in [6.45, 7) is 4.81. The maximum atomic E-state index is 12.9. The Morgan fingerprint density at radius 1 is 1.04 bits per heavy atom. The lowest BCUT2D eigenvalue weighted by Crippen LogP contribution is -2.32. The van der Waals surface area contributed by atoms with Crippen molar-refractivity contribution in [2.24, 2.45) is 0 Å². The standard InChI is InChI=1S/C19H23BrN2O3S/c1-3-11-22(12-4-2)26(24,25)18-10-5-7-15(13-18)19(23)21-17-9-6-8-16(20)14-17/h5-10,13-14H,3-4,11-12H2,1-2H3,(H,21,23). The molecule has 1 N–H and O–H groups in total. The summed E-state index contributed by atoms with van der Waals surface area (Å²) in [4.78, 5) is 12.6. The summed E-state index contributed by atoms with van der Waals surface area (Å²) >= 11 is 3.36. The number of nitrogens with one attached hydrogen (secondary N) is 1. The molecule has 0 aromatic heterocycles. The van der Waals surface area contributed by atoms with Crippen LogP contribution in [-0.4, -0.2) is 31.7 Å². The molecule has 0 unspecified atom stereocenters. The largest absolute Gasteiger partial charge is 0.322 e. The zero-order valence-electron chi connectivity index (χ0n) is 14.9. The van der Waals surface area contributed by atoms with E-state index in [1.807, 2.05) is 26.0 Å². The van der Waals surface area contributed by atoms with E-state index in [1.54, 1.807) is 24.3 Å². The predicted octanol–water partition coefficient (Wildman–Crippen LogP) is 4.51. The maximum Gasteiger partial charge on any atom is 0.255 e. The molecule has 0 spiro atoms. The number of halogens is 1. The van der Waals surface area contributed by atoms with Gasteiger partial charge in [-0.05, 0) is 49.2 Å². The third-order valence-corrected chi connectivity index (χ3v) is 6.15. The highest BCUT2D eigenvalue weighted by Crippen LogP contribution is 2.20. The van der Waals surface area contributed by atoms with Gasteiger partial charge in [0.25, 0.3) is 5.91 Å². The van der Waals surface area contributed by atoms with Crippen LogP contribution in [0.3, 0.4) is 0 Å². The molecule has 26 heavy (non-hydrogen) atoms. The number of hydrogen-bond donors (Lipinski definition) is 1. The maximum absolute atomic E-state index is 12.9. The minimum Gasteiger partial charge on any atom is -0.322 e. The smallest absolute Gasteiger partial charge is 0.255 e. The van der Waals surface area contributed by atoms with Crippen LogP contribution in [0.15, 0.2) is 57.9 Å². The first-order chi connectivity index (χ1) is 12.4. The van der Waals surface area contributed by atoms with E-state index in [2.05, 4.69) is 21.2 Å². The molecule has 2 aromatic rings. The summed E-state index contributed by atoms with van der Waals surface area (Å²) in [6, 6.07) is 13.4. The van der Waals surface area contributed by atoms with Gasteiger partial charge >= 0.3 is 0 Å². The fourth-order valence-electron chi connectivity index (χ4n) is 2.57. The van der Waals surface area contributed by atoms with Gasteiger partial charge in [-0.2, -0.15) is 4.31 Å². The third kappa shape index (κ3) is 5.16. The Morgan fingerprint density at radius 3 is 2.31 bits per heavy atom. The van der Waals surface area contributed by atoms with Crippen LogP contribution in [-0.2, 0) is 10.0 Å². The Kier molecular flexibility index (Phi) is 7.37. The highest BCUT2D eigenvalue weighted by atomic mass is 79.9. The van der Waals surface area contributed by atoms with Crippen molar-refractivity contribution in [2.75, 3.05) is 18.4 Å². The number of benzene rings is 2. The molecule has 0 aliphatic carbocycles. The Hall–Kier alpha value is -1.70. The fourth-order valence-corrected chi connectivity index (χ4v) is 4.64. The molecule has 0 aliphatic heterocycles. The van der Waals surface area contributed by atoms with Crippen molar-refractivity contribution in [1.82, 2.24) is 4.31 Å². The van der Waals surface area contributed by atoms with Gasteiger partial charge in [-0.25, -0.2) is 8.42 Å². The normalized spacial score (nSPS) is 11.5. The second-order valence-corrected chi connectivity index (χ2v) is 8.75. The summed E-state index contributed by atoms with van der Waals surface area (Å²) in [5.74, 6) is -0.349. The number of nitrogens with zero attached hydrogens (tertiary/aromatic N) is 1. The zero-order valence-corrected chi connectivity index (χ0v) is 17.3. The number of sulfonamides is 1. The second-order valence-electron chi connectivity index (χ2n) is 5.90. The number of carbonyl (C=O) groups is 1. The van der Waals surface area contributed by atoms with Crippen LogP contribution < -0.4 is 5.32 Å². The molecule has 0 saturated carbocycles. The molecule has 2 aromatic carbocycles. The van der Waals surface area contributed by atoms with Gasteiger partial charge in [0.2, 0.25) is 10.0 Å². The second kappa shape index (κ2) is 9.30. The van der Waals surface area contributed by atoms with Crippen LogP contribution in [0, 0.1) is 0 Å². The number of carbonyl (C=O) groups excluding carboxylic acids is 1. The van der Waals surface area contributed by atoms with Gasteiger partial charge in [0.15, 0.2) is 0 Å². The molecule has 7 heteroatoms. The van der Waals surface area contributed by atoms with E-state index < -0.39 is 10.0 Å². The Bertz CT molecular complexity index is 863. The van der Waals surface area contributed by atoms with Crippen molar-refractivity contribution < 1.29 is 13.2 Å².